The van der Waals surface area contributed by atoms with Gasteiger partial charge in [0.05, 0.1) is 12.4 Å². The number of anilines is 2. The summed E-state index contributed by atoms with van der Waals surface area (Å²) in [5.41, 5.74) is 2.09. The topological polar surface area (TPSA) is 58.1 Å². The molecule has 114 valence electrons. The van der Waals surface area contributed by atoms with Crippen LogP contribution in [0.5, 0.6) is 0 Å². The highest BCUT2D eigenvalue weighted by Gasteiger charge is 2.15. The number of carbonyl (C=O) groups is 1. The normalized spacial score (nSPS) is 14.2. The molecule has 5 nitrogen and oxygen atoms in total. The lowest BCUT2D eigenvalue weighted by Gasteiger charge is -2.15. The Bertz CT molecular complexity index is 681. The molecule has 1 aliphatic rings. The number of amides is 1. The molecule has 0 aliphatic carbocycles. The third-order valence-electron chi connectivity index (χ3n) is 3.74. The van der Waals surface area contributed by atoms with E-state index in [4.69, 9.17) is 0 Å². The van der Waals surface area contributed by atoms with Crippen molar-refractivity contribution in [1.29, 1.82) is 0 Å². The van der Waals surface area contributed by atoms with Crippen molar-refractivity contribution in [2.75, 3.05) is 23.3 Å². The summed E-state index contributed by atoms with van der Waals surface area (Å²) in [6.07, 6.45) is 5.59. The summed E-state index contributed by atoms with van der Waals surface area (Å²) in [7, 11) is 0. The molecule has 6 heteroatoms. The largest absolute Gasteiger partial charge is 0.355 e. The van der Waals surface area contributed by atoms with E-state index < -0.39 is 0 Å². The maximum Gasteiger partial charge on any atom is 0.275 e. The fraction of sp³-hybridized carbons (Fsp3) is 0.312. The van der Waals surface area contributed by atoms with Crippen LogP contribution in [0.1, 0.15) is 28.9 Å². The van der Waals surface area contributed by atoms with Gasteiger partial charge in [0, 0.05) is 23.2 Å². The quantitative estimate of drug-likeness (QED) is 0.911. The lowest BCUT2D eigenvalue weighted by molar-refractivity contribution is 0.102. The van der Waals surface area contributed by atoms with Crippen molar-refractivity contribution in [2.24, 2.45) is 0 Å². The van der Waals surface area contributed by atoms with Crippen molar-refractivity contribution < 1.29 is 4.79 Å². The Hall–Kier alpha value is -1.95. The van der Waals surface area contributed by atoms with Gasteiger partial charge in [0.2, 0.25) is 0 Å². The van der Waals surface area contributed by atoms with E-state index in [9.17, 15) is 4.79 Å². The molecule has 1 N–H and O–H groups in total. The molecule has 0 unspecified atom stereocenters. The molecule has 3 rings (SSSR count). The van der Waals surface area contributed by atoms with Crippen molar-refractivity contribution >= 4 is 33.3 Å². The molecule has 1 aromatic carbocycles. The smallest absolute Gasteiger partial charge is 0.275 e. The number of aromatic nitrogens is 2. The molecule has 0 bridgehead atoms. The number of nitrogens with one attached hydrogen (secondary N) is 1. The zero-order chi connectivity index (χ0) is 15.5. The first-order chi connectivity index (χ1) is 10.6. The molecule has 1 aliphatic heterocycles. The molecule has 1 aromatic heterocycles. The summed E-state index contributed by atoms with van der Waals surface area (Å²) in [5, 5.41) is 2.87. The zero-order valence-corrected chi connectivity index (χ0v) is 13.9. The van der Waals surface area contributed by atoms with Crippen molar-refractivity contribution in [3.05, 3.63) is 46.3 Å². The first-order valence-electron chi connectivity index (χ1n) is 7.28. The van der Waals surface area contributed by atoms with E-state index in [1.807, 2.05) is 25.1 Å². The summed E-state index contributed by atoms with van der Waals surface area (Å²) in [4.78, 5) is 23.0. The van der Waals surface area contributed by atoms with Gasteiger partial charge in [-0.3, -0.25) is 4.79 Å². The number of nitrogens with zero attached hydrogens (tertiary/aromatic N) is 3. The van der Waals surface area contributed by atoms with Gasteiger partial charge < -0.3 is 10.2 Å². The number of benzene rings is 1. The molecule has 0 spiro atoms. The minimum atomic E-state index is -0.245. The third kappa shape index (κ3) is 3.27. The SMILES string of the molecule is Cc1cc(Br)ccc1NC(=O)c1cnc(N2CCCC2)cn1. The Morgan fingerprint density at radius 1 is 1.23 bits per heavy atom. The fourth-order valence-corrected chi connectivity index (χ4v) is 2.98. The van der Waals surface area contributed by atoms with Gasteiger partial charge in [-0.1, -0.05) is 15.9 Å². The summed E-state index contributed by atoms with van der Waals surface area (Å²) < 4.78 is 0.984. The highest BCUT2D eigenvalue weighted by atomic mass is 79.9. The van der Waals surface area contributed by atoms with E-state index in [0.717, 1.165) is 34.6 Å². The van der Waals surface area contributed by atoms with Crippen LogP contribution in [0.15, 0.2) is 35.1 Å². The third-order valence-corrected chi connectivity index (χ3v) is 4.23. The Morgan fingerprint density at radius 2 is 2.00 bits per heavy atom. The number of aryl methyl sites for hydroxylation is 1. The molecule has 2 aromatic rings. The van der Waals surface area contributed by atoms with Gasteiger partial charge in [-0.05, 0) is 43.5 Å². The monoisotopic (exact) mass is 360 g/mol. The predicted octanol–water partition coefficient (Wildman–Crippen LogP) is 3.40. The van der Waals surface area contributed by atoms with E-state index in [-0.39, 0.29) is 5.91 Å². The molecule has 2 heterocycles. The van der Waals surface area contributed by atoms with Crippen LogP contribution in [-0.2, 0) is 0 Å². The average Bonchev–Trinajstić information content (AvgIpc) is 3.04. The Balaban J connectivity index is 1.71. The Labute approximate surface area is 137 Å². The minimum Gasteiger partial charge on any atom is -0.355 e. The molecule has 0 atom stereocenters. The van der Waals surface area contributed by atoms with Crippen LogP contribution in [0.2, 0.25) is 0 Å². The van der Waals surface area contributed by atoms with Crippen LogP contribution in [-0.4, -0.2) is 29.0 Å². The zero-order valence-electron chi connectivity index (χ0n) is 12.3. The van der Waals surface area contributed by atoms with Gasteiger partial charge >= 0.3 is 0 Å². The highest BCUT2D eigenvalue weighted by Crippen LogP contribution is 2.21. The fourth-order valence-electron chi connectivity index (χ4n) is 2.50. The van der Waals surface area contributed by atoms with E-state index >= 15 is 0 Å². The van der Waals surface area contributed by atoms with Crippen LogP contribution in [0.25, 0.3) is 0 Å². The number of halogens is 1. The molecule has 0 radical (unpaired) electrons. The van der Waals surface area contributed by atoms with E-state index in [2.05, 4.69) is 36.1 Å². The number of carbonyl (C=O) groups excluding carboxylic acids is 1. The first-order valence-corrected chi connectivity index (χ1v) is 8.07. The van der Waals surface area contributed by atoms with Crippen molar-refractivity contribution in [1.82, 2.24) is 9.97 Å². The number of hydrogen-bond donors (Lipinski definition) is 1. The second-order valence-electron chi connectivity index (χ2n) is 5.37. The van der Waals surface area contributed by atoms with Crippen LogP contribution >= 0.6 is 15.9 Å². The second-order valence-corrected chi connectivity index (χ2v) is 6.28. The molecule has 1 fully saturated rings. The van der Waals surface area contributed by atoms with Gasteiger partial charge in [0.25, 0.3) is 5.91 Å². The predicted molar refractivity (Wildman–Crippen MR) is 90.3 cm³/mol. The maximum atomic E-state index is 12.2. The van der Waals surface area contributed by atoms with Gasteiger partial charge in [-0.25, -0.2) is 9.97 Å². The van der Waals surface area contributed by atoms with Gasteiger partial charge in [0.15, 0.2) is 0 Å². The van der Waals surface area contributed by atoms with Crippen molar-refractivity contribution in [3.63, 3.8) is 0 Å². The minimum absolute atomic E-state index is 0.245. The Kier molecular flexibility index (Phi) is 4.38. The van der Waals surface area contributed by atoms with Crippen LogP contribution in [0.3, 0.4) is 0 Å². The van der Waals surface area contributed by atoms with Gasteiger partial charge in [0.1, 0.15) is 11.5 Å². The van der Waals surface area contributed by atoms with Gasteiger partial charge in [-0.15, -0.1) is 0 Å². The Morgan fingerprint density at radius 3 is 2.64 bits per heavy atom. The first kappa shape index (κ1) is 15.0. The van der Waals surface area contributed by atoms with Crippen molar-refractivity contribution in [2.45, 2.75) is 19.8 Å². The number of rotatable bonds is 3. The molecular formula is C16H17BrN4O. The van der Waals surface area contributed by atoms with Crippen LogP contribution in [0, 0.1) is 6.92 Å². The van der Waals surface area contributed by atoms with Crippen LogP contribution in [0.4, 0.5) is 11.5 Å². The average molecular weight is 361 g/mol. The van der Waals surface area contributed by atoms with Gasteiger partial charge in [-0.2, -0.15) is 0 Å². The molecule has 0 saturated carbocycles. The molecular weight excluding hydrogens is 344 g/mol. The summed E-state index contributed by atoms with van der Waals surface area (Å²) in [6.45, 7) is 3.97. The maximum absolute atomic E-state index is 12.2. The lowest BCUT2D eigenvalue weighted by atomic mass is 10.2. The highest BCUT2D eigenvalue weighted by molar-refractivity contribution is 9.10. The molecule has 1 amide bonds. The second kappa shape index (κ2) is 6.44. The lowest BCUT2D eigenvalue weighted by Crippen LogP contribution is -2.20. The van der Waals surface area contributed by atoms with Crippen LogP contribution < -0.4 is 10.2 Å². The molecule has 22 heavy (non-hydrogen) atoms. The van der Waals surface area contributed by atoms with Crippen molar-refractivity contribution in [3.8, 4) is 0 Å². The van der Waals surface area contributed by atoms with E-state index in [0.29, 0.717) is 5.69 Å². The van der Waals surface area contributed by atoms with E-state index in [1.54, 1.807) is 6.20 Å². The summed E-state index contributed by atoms with van der Waals surface area (Å²) >= 11 is 3.41. The summed E-state index contributed by atoms with van der Waals surface area (Å²) in [6, 6.07) is 5.71. The molecule has 1 saturated heterocycles. The standard InChI is InChI=1S/C16H17BrN4O/c1-11-8-12(17)4-5-13(11)20-16(22)14-9-19-15(10-18-14)21-6-2-3-7-21/h4-5,8-10H,2-3,6-7H2,1H3,(H,20,22). The van der Waals surface area contributed by atoms with E-state index in [1.165, 1.54) is 19.0 Å². The number of hydrogen-bond acceptors (Lipinski definition) is 4. The summed E-state index contributed by atoms with van der Waals surface area (Å²) in [5.74, 6) is 0.597.